The summed E-state index contributed by atoms with van der Waals surface area (Å²) in [6.07, 6.45) is 4.37. The molecule has 1 aromatic carbocycles. The number of hydrogen-bond donors (Lipinski definition) is 1. The third-order valence-corrected chi connectivity index (χ3v) is 4.60. The summed E-state index contributed by atoms with van der Waals surface area (Å²) in [5, 5.41) is 24.7. The first-order chi connectivity index (χ1) is 12.1. The molecule has 1 saturated heterocycles. The molecule has 1 N–H and O–H groups in total. The number of amides is 1. The second kappa shape index (κ2) is 7.02. The molecule has 1 amide bonds. The van der Waals surface area contributed by atoms with Gasteiger partial charge in [0.1, 0.15) is 6.33 Å². The molecular weight excluding hydrogens is 318 g/mol. The number of nitriles is 2. The number of nitrogens with zero attached hydrogens (tertiary/aromatic N) is 6. The third-order valence-electron chi connectivity index (χ3n) is 4.60. The van der Waals surface area contributed by atoms with E-state index in [9.17, 15) is 4.79 Å². The van der Waals surface area contributed by atoms with Gasteiger partial charge >= 0.3 is 0 Å². The molecule has 0 radical (unpaired) electrons. The summed E-state index contributed by atoms with van der Waals surface area (Å²) in [6.45, 7) is 3.10. The highest BCUT2D eigenvalue weighted by Crippen LogP contribution is 2.27. The lowest BCUT2D eigenvalue weighted by Gasteiger charge is -2.27. The molecule has 1 aromatic heterocycles. The number of aromatic nitrogens is 3. The van der Waals surface area contributed by atoms with E-state index in [0.29, 0.717) is 24.3 Å². The molecule has 126 valence electrons. The predicted molar refractivity (Wildman–Crippen MR) is 89.1 cm³/mol. The van der Waals surface area contributed by atoms with Gasteiger partial charge in [0, 0.05) is 24.8 Å². The van der Waals surface area contributed by atoms with E-state index in [1.54, 1.807) is 34.1 Å². The maximum atomic E-state index is 12.9. The molecule has 2 atom stereocenters. The van der Waals surface area contributed by atoms with Crippen molar-refractivity contribution in [2.75, 3.05) is 18.0 Å². The van der Waals surface area contributed by atoms with Crippen molar-refractivity contribution >= 4 is 11.6 Å². The van der Waals surface area contributed by atoms with Crippen LogP contribution in [0, 0.1) is 28.7 Å². The van der Waals surface area contributed by atoms with Crippen LogP contribution in [-0.4, -0.2) is 45.1 Å². The van der Waals surface area contributed by atoms with E-state index in [4.69, 9.17) is 10.5 Å². The fraction of sp³-hybridized carbons (Fsp3) is 0.353. The van der Waals surface area contributed by atoms with E-state index in [-0.39, 0.29) is 23.7 Å². The summed E-state index contributed by atoms with van der Waals surface area (Å²) < 4.78 is 0. The molecule has 1 fully saturated rings. The Balaban J connectivity index is 1.91. The van der Waals surface area contributed by atoms with Crippen LogP contribution < -0.4 is 4.90 Å². The minimum atomic E-state index is -0.334. The minimum Gasteiger partial charge on any atom is -0.308 e. The summed E-state index contributed by atoms with van der Waals surface area (Å²) >= 11 is 0. The van der Waals surface area contributed by atoms with Crippen LogP contribution in [0.3, 0.4) is 0 Å². The van der Waals surface area contributed by atoms with Crippen molar-refractivity contribution in [3.8, 4) is 12.3 Å². The van der Waals surface area contributed by atoms with Crippen LogP contribution in [0.25, 0.3) is 0 Å². The molecular formula is C17H17N7O. The zero-order chi connectivity index (χ0) is 17.8. The van der Waals surface area contributed by atoms with Gasteiger partial charge in [-0.1, -0.05) is 6.07 Å². The lowest BCUT2D eigenvalue weighted by molar-refractivity contribution is 0.0972. The number of hydrogen-bond acceptors (Lipinski definition) is 6. The molecule has 0 spiro atoms. The Morgan fingerprint density at radius 2 is 2.32 bits per heavy atom. The van der Waals surface area contributed by atoms with Crippen LogP contribution >= 0.6 is 0 Å². The first-order valence-electron chi connectivity index (χ1n) is 7.98. The van der Waals surface area contributed by atoms with Gasteiger partial charge in [0.2, 0.25) is 5.82 Å². The Kier molecular flexibility index (Phi) is 4.62. The maximum absolute atomic E-state index is 12.9. The molecule has 8 nitrogen and oxygen atoms in total. The number of rotatable bonds is 4. The average molecular weight is 335 g/mol. The van der Waals surface area contributed by atoms with Crippen LogP contribution in [-0.2, 0) is 0 Å². The quantitative estimate of drug-likeness (QED) is 0.848. The number of nitrogens with one attached hydrogen (secondary N) is 1. The average Bonchev–Trinajstić information content (AvgIpc) is 3.29. The highest BCUT2D eigenvalue weighted by molar-refractivity contribution is 6.03. The smallest absolute Gasteiger partial charge is 0.297 e. The number of benzene rings is 1. The molecule has 2 heterocycles. The second-order valence-corrected chi connectivity index (χ2v) is 5.98. The Labute approximate surface area is 145 Å². The van der Waals surface area contributed by atoms with Gasteiger partial charge in [0.05, 0.1) is 11.6 Å². The van der Waals surface area contributed by atoms with Crippen LogP contribution in [0.15, 0.2) is 30.6 Å². The van der Waals surface area contributed by atoms with Crippen LogP contribution in [0.4, 0.5) is 5.69 Å². The number of carbonyl (C=O) groups excluding carboxylic acids is 1. The van der Waals surface area contributed by atoms with Crippen LogP contribution in [0.5, 0.6) is 0 Å². The zero-order valence-corrected chi connectivity index (χ0v) is 13.8. The highest BCUT2D eigenvalue weighted by Gasteiger charge is 2.34. The summed E-state index contributed by atoms with van der Waals surface area (Å²) in [7, 11) is 0. The largest absolute Gasteiger partial charge is 0.308 e. The molecule has 2 aromatic rings. The Morgan fingerprint density at radius 3 is 2.96 bits per heavy atom. The second-order valence-electron chi connectivity index (χ2n) is 5.98. The molecule has 1 aliphatic heterocycles. The zero-order valence-electron chi connectivity index (χ0n) is 13.8. The van der Waals surface area contributed by atoms with Gasteiger partial charge in [0.25, 0.3) is 5.91 Å². The van der Waals surface area contributed by atoms with Crippen molar-refractivity contribution in [2.24, 2.45) is 5.92 Å². The first-order valence-corrected chi connectivity index (χ1v) is 7.98. The lowest BCUT2D eigenvalue weighted by Crippen LogP contribution is -2.39. The monoisotopic (exact) mass is 335 g/mol. The molecule has 25 heavy (non-hydrogen) atoms. The molecule has 1 aliphatic rings. The third kappa shape index (κ3) is 3.29. The van der Waals surface area contributed by atoms with Crippen molar-refractivity contribution in [2.45, 2.75) is 19.4 Å². The van der Waals surface area contributed by atoms with E-state index in [1.807, 2.05) is 6.92 Å². The van der Waals surface area contributed by atoms with E-state index in [2.05, 4.69) is 27.4 Å². The number of carbonyl (C=O) groups is 1. The Morgan fingerprint density at radius 1 is 1.48 bits per heavy atom. The Hall–Kier alpha value is -3.39. The lowest BCUT2D eigenvalue weighted by atomic mass is 10.0. The molecule has 8 heteroatoms. The van der Waals surface area contributed by atoms with Gasteiger partial charge in [-0.15, -0.1) is 5.10 Å². The maximum Gasteiger partial charge on any atom is 0.297 e. The van der Waals surface area contributed by atoms with E-state index < -0.39 is 0 Å². The normalized spacial score (nSPS) is 19.2. The Bertz CT molecular complexity index is 833. The van der Waals surface area contributed by atoms with E-state index >= 15 is 0 Å². The van der Waals surface area contributed by atoms with Gasteiger partial charge in [-0.25, -0.2) is 4.98 Å². The van der Waals surface area contributed by atoms with Crippen LogP contribution in [0.2, 0.25) is 0 Å². The van der Waals surface area contributed by atoms with Crippen molar-refractivity contribution in [3.05, 3.63) is 42.0 Å². The molecule has 0 saturated carbocycles. The van der Waals surface area contributed by atoms with E-state index in [1.165, 1.54) is 6.33 Å². The van der Waals surface area contributed by atoms with Crippen molar-refractivity contribution in [1.29, 1.82) is 10.5 Å². The van der Waals surface area contributed by atoms with Gasteiger partial charge < -0.3 is 9.80 Å². The number of likely N-dealkylation sites (tertiary alicyclic amines) is 1. The van der Waals surface area contributed by atoms with Crippen molar-refractivity contribution in [1.82, 2.24) is 20.1 Å². The van der Waals surface area contributed by atoms with E-state index in [0.717, 1.165) is 6.42 Å². The van der Waals surface area contributed by atoms with Crippen molar-refractivity contribution in [3.63, 3.8) is 0 Å². The fourth-order valence-corrected chi connectivity index (χ4v) is 3.11. The standard InChI is InChI=1S/C17H17N7O/c1-12-14(5-6-23(12)10-19)9-24(17(25)16-20-11-21-22-16)15-4-2-3-13(7-15)8-18/h2-4,7,11-12,14H,5-6,9H2,1H3,(H,20,21,22)/t12-,14-/m0/s1. The topological polar surface area (TPSA) is 113 Å². The summed E-state index contributed by atoms with van der Waals surface area (Å²) in [6, 6.07) is 9.02. The number of aromatic amines is 1. The highest BCUT2D eigenvalue weighted by atomic mass is 16.2. The first kappa shape index (κ1) is 16.5. The number of H-pyrrole nitrogens is 1. The van der Waals surface area contributed by atoms with Crippen LogP contribution in [0.1, 0.15) is 29.5 Å². The van der Waals surface area contributed by atoms with Gasteiger partial charge in [-0.05, 0) is 37.5 Å². The number of anilines is 1. The summed E-state index contributed by atoms with van der Waals surface area (Å²) in [5.41, 5.74) is 1.10. The minimum absolute atomic E-state index is 0.0478. The summed E-state index contributed by atoms with van der Waals surface area (Å²) in [5.74, 6) is -0.114. The van der Waals surface area contributed by atoms with Crippen molar-refractivity contribution < 1.29 is 4.79 Å². The van der Waals surface area contributed by atoms with Gasteiger partial charge in [-0.2, -0.15) is 10.5 Å². The summed E-state index contributed by atoms with van der Waals surface area (Å²) in [4.78, 5) is 20.1. The molecule has 3 rings (SSSR count). The molecule has 0 unspecified atom stereocenters. The molecule has 0 aliphatic carbocycles. The predicted octanol–water partition coefficient (Wildman–Crippen LogP) is 1.51. The SMILES string of the molecule is C[C@H]1[C@H](CN(C(=O)c2nc[nH]n2)c2cccc(C#N)c2)CCN1C#N. The molecule has 0 bridgehead atoms. The van der Waals surface area contributed by atoms with Gasteiger partial charge in [0.15, 0.2) is 6.19 Å². The van der Waals surface area contributed by atoms with Gasteiger partial charge in [-0.3, -0.25) is 9.89 Å². The fourth-order valence-electron chi connectivity index (χ4n) is 3.11.